The van der Waals surface area contributed by atoms with Gasteiger partial charge in [-0.2, -0.15) is 0 Å². The number of carboxylic acid groups (broad SMARTS) is 1. The summed E-state index contributed by atoms with van der Waals surface area (Å²) in [5, 5.41) is 17.7. The van der Waals surface area contributed by atoms with Gasteiger partial charge in [-0.15, -0.1) is 0 Å². The summed E-state index contributed by atoms with van der Waals surface area (Å²) in [6, 6.07) is 0. The van der Waals surface area contributed by atoms with Crippen LogP contribution in [0.2, 0.25) is 0 Å². The van der Waals surface area contributed by atoms with Crippen molar-refractivity contribution in [2.45, 2.75) is 19.4 Å². The first kappa shape index (κ1) is 9.48. The minimum atomic E-state index is -1.25. The Morgan fingerprint density at radius 3 is 2.75 bits per heavy atom. The molecule has 3 unspecified atom stereocenters. The van der Waals surface area contributed by atoms with Crippen molar-refractivity contribution in [2.24, 2.45) is 11.8 Å². The third kappa shape index (κ3) is 1.95. The molecule has 2 N–H and O–H groups in total. The molecule has 12 heavy (non-hydrogen) atoms. The van der Waals surface area contributed by atoms with Crippen LogP contribution < -0.4 is 0 Å². The van der Waals surface area contributed by atoms with Crippen LogP contribution in [0.3, 0.4) is 0 Å². The van der Waals surface area contributed by atoms with Crippen LogP contribution in [0.1, 0.15) is 13.3 Å². The Kier molecular flexibility index (Phi) is 3.05. The van der Waals surface area contributed by atoms with Crippen molar-refractivity contribution in [3.8, 4) is 0 Å². The molecule has 1 saturated heterocycles. The van der Waals surface area contributed by atoms with Gasteiger partial charge in [-0.25, -0.2) is 4.79 Å². The zero-order valence-corrected chi connectivity index (χ0v) is 7.06. The lowest BCUT2D eigenvalue weighted by Crippen LogP contribution is -2.32. The number of aliphatic hydroxyl groups excluding tert-OH is 1. The third-order valence-electron chi connectivity index (χ3n) is 2.46. The summed E-state index contributed by atoms with van der Waals surface area (Å²) < 4.78 is 5.10. The molecule has 0 amide bonds. The fraction of sp³-hybridized carbons (Fsp3) is 0.875. The van der Waals surface area contributed by atoms with Crippen LogP contribution in [0.5, 0.6) is 0 Å². The predicted molar refractivity (Wildman–Crippen MR) is 41.7 cm³/mol. The van der Waals surface area contributed by atoms with Crippen molar-refractivity contribution in [3.63, 3.8) is 0 Å². The molecule has 0 bridgehead atoms. The SMILES string of the molecule is CC(C1CCOC1)C(O)C(=O)O. The molecule has 4 heteroatoms. The van der Waals surface area contributed by atoms with Crippen molar-refractivity contribution in [1.29, 1.82) is 0 Å². The molecule has 0 aromatic rings. The van der Waals surface area contributed by atoms with Gasteiger partial charge in [0.2, 0.25) is 0 Å². The lowest BCUT2D eigenvalue weighted by Gasteiger charge is -2.19. The van der Waals surface area contributed by atoms with Crippen molar-refractivity contribution in [1.82, 2.24) is 0 Å². The number of rotatable bonds is 3. The van der Waals surface area contributed by atoms with E-state index in [0.29, 0.717) is 13.2 Å². The van der Waals surface area contributed by atoms with E-state index in [2.05, 4.69) is 0 Å². The first-order valence-corrected chi connectivity index (χ1v) is 4.11. The summed E-state index contributed by atoms with van der Waals surface area (Å²) >= 11 is 0. The summed E-state index contributed by atoms with van der Waals surface area (Å²) in [5.74, 6) is -1.17. The molecule has 0 saturated carbocycles. The lowest BCUT2D eigenvalue weighted by molar-refractivity contribution is -0.150. The van der Waals surface area contributed by atoms with Gasteiger partial charge in [0, 0.05) is 13.2 Å². The van der Waals surface area contributed by atoms with E-state index in [-0.39, 0.29) is 11.8 Å². The highest BCUT2D eigenvalue weighted by atomic mass is 16.5. The number of hydrogen-bond acceptors (Lipinski definition) is 3. The van der Waals surface area contributed by atoms with E-state index < -0.39 is 12.1 Å². The maximum absolute atomic E-state index is 10.4. The molecule has 0 spiro atoms. The zero-order chi connectivity index (χ0) is 9.14. The van der Waals surface area contributed by atoms with Crippen LogP contribution >= 0.6 is 0 Å². The summed E-state index contributed by atoms with van der Waals surface area (Å²) in [6.45, 7) is 3.00. The number of carbonyl (C=O) groups is 1. The summed E-state index contributed by atoms with van der Waals surface area (Å²) in [6.07, 6.45) is -0.400. The van der Waals surface area contributed by atoms with Gasteiger partial charge < -0.3 is 14.9 Å². The average Bonchev–Trinajstić information content (AvgIpc) is 2.53. The van der Waals surface area contributed by atoms with Crippen LogP contribution in [0.25, 0.3) is 0 Å². The van der Waals surface area contributed by atoms with Gasteiger partial charge >= 0.3 is 5.97 Å². The molecule has 1 heterocycles. The summed E-state index contributed by atoms with van der Waals surface area (Å²) in [4.78, 5) is 10.4. The minimum Gasteiger partial charge on any atom is -0.479 e. The highest BCUT2D eigenvalue weighted by Gasteiger charge is 2.31. The van der Waals surface area contributed by atoms with Gasteiger partial charge in [-0.3, -0.25) is 0 Å². The zero-order valence-electron chi connectivity index (χ0n) is 7.06. The smallest absolute Gasteiger partial charge is 0.332 e. The van der Waals surface area contributed by atoms with Gasteiger partial charge in [0.1, 0.15) is 0 Å². The van der Waals surface area contributed by atoms with Crippen LogP contribution in [0.4, 0.5) is 0 Å². The first-order chi connectivity index (χ1) is 5.63. The second-order valence-electron chi connectivity index (χ2n) is 3.27. The van der Waals surface area contributed by atoms with Crippen LogP contribution in [-0.2, 0) is 9.53 Å². The molecule has 3 atom stereocenters. The normalized spacial score (nSPS) is 28.3. The van der Waals surface area contributed by atoms with Crippen LogP contribution in [0, 0.1) is 11.8 Å². The molecule has 0 aliphatic carbocycles. The first-order valence-electron chi connectivity index (χ1n) is 4.11. The second-order valence-corrected chi connectivity index (χ2v) is 3.27. The van der Waals surface area contributed by atoms with Crippen molar-refractivity contribution >= 4 is 5.97 Å². The predicted octanol–water partition coefficient (Wildman–Crippen LogP) is 0.104. The topological polar surface area (TPSA) is 66.8 Å². The second kappa shape index (κ2) is 3.87. The summed E-state index contributed by atoms with van der Waals surface area (Å²) in [5.41, 5.74) is 0. The van der Waals surface area contributed by atoms with Crippen molar-refractivity contribution < 1.29 is 19.7 Å². The average molecular weight is 174 g/mol. The Labute approximate surface area is 71.2 Å². The van der Waals surface area contributed by atoms with Crippen LogP contribution in [0.15, 0.2) is 0 Å². The lowest BCUT2D eigenvalue weighted by atomic mass is 9.89. The van der Waals surface area contributed by atoms with E-state index in [4.69, 9.17) is 9.84 Å². The number of carboxylic acids is 1. The Morgan fingerprint density at radius 2 is 2.33 bits per heavy atom. The number of aliphatic hydroxyl groups is 1. The van der Waals surface area contributed by atoms with Gasteiger partial charge in [0.05, 0.1) is 0 Å². The maximum atomic E-state index is 10.4. The minimum absolute atomic E-state index is 0.191. The molecular weight excluding hydrogens is 160 g/mol. The number of hydrogen-bond donors (Lipinski definition) is 2. The largest absolute Gasteiger partial charge is 0.479 e. The van der Waals surface area contributed by atoms with Gasteiger partial charge in [-0.1, -0.05) is 6.92 Å². The monoisotopic (exact) mass is 174 g/mol. The highest BCUT2D eigenvalue weighted by Crippen LogP contribution is 2.24. The van der Waals surface area contributed by atoms with Crippen molar-refractivity contribution in [3.05, 3.63) is 0 Å². The van der Waals surface area contributed by atoms with E-state index in [9.17, 15) is 9.90 Å². The Hall–Kier alpha value is -0.610. The fourth-order valence-electron chi connectivity index (χ4n) is 1.45. The Morgan fingerprint density at radius 1 is 1.67 bits per heavy atom. The number of aliphatic carboxylic acids is 1. The molecule has 0 aromatic carbocycles. The molecule has 4 nitrogen and oxygen atoms in total. The third-order valence-corrected chi connectivity index (χ3v) is 2.46. The molecule has 1 rings (SSSR count). The standard InChI is InChI=1S/C8H14O4/c1-5(7(9)8(10)11)6-2-3-12-4-6/h5-7,9H,2-4H2,1H3,(H,10,11). The Bertz CT molecular complexity index is 162. The van der Waals surface area contributed by atoms with Crippen LogP contribution in [-0.4, -0.2) is 35.5 Å². The molecule has 0 radical (unpaired) electrons. The maximum Gasteiger partial charge on any atom is 0.332 e. The van der Waals surface area contributed by atoms with E-state index in [1.807, 2.05) is 0 Å². The molecule has 0 aromatic heterocycles. The Balaban J connectivity index is 2.44. The van der Waals surface area contributed by atoms with Crippen molar-refractivity contribution in [2.75, 3.05) is 13.2 Å². The van der Waals surface area contributed by atoms with E-state index >= 15 is 0 Å². The van der Waals surface area contributed by atoms with E-state index in [1.165, 1.54) is 0 Å². The summed E-state index contributed by atoms with van der Waals surface area (Å²) in [7, 11) is 0. The van der Waals surface area contributed by atoms with Gasteiger partial charge in [0.15, 0.2) is 6.10 Å². The van der Waals surface area contributed by atoms with Gasteiger partial charge in [-0.05, 0) is 18.3 Å². The van der Waals surface area contributed by atoms with E-state index in [0.717, 1.165) is 6.42 Å². The van der Waals surface area contributed by atoms with Gasteiger partial charge in [0.25, 0.3) is 0 Å². The molecule has 1 aliphatic heterocycles. The molecule has 1 aliphatic rings. The molecule has 70 valence electrons. The highest BCUT2D eigenvalue weighted by molar-refractivity contribution is 5.72. The molecule has 1 fully saturated rings. The quantitative estimate of drug-likeness (QED) is 0.637. The number of ether oxygens (including phenoxy) is 1. The fourth-order valence-corrected chi connectivity index (χ4v) is 1.45. The molecular formula is C8H14O4. The van der Waals surface area contributed by atoms with E-state index in [1.54, 1.807) is 6.92 Å².